The van der Waals surface area contributed by atoms with E-state index < -0.39 is 0 Å². The second-order valence-electron chi connectivity index (χ2n) is 4.36. The van der Waals surface area contributed by atoms with Gasteiger partial charge in [-0.15, -0.1) is 0 Å². The highest BCUT2D eigenvalue weighted by atomic mass is 32.1. The Morgan fingerprint density at radius 3 is 2.80 bits per heavy atom. The zero-order chi connectivity index (χ0) is 14.1. The molecule has 3 N–H and O–H groups in total. The first-order chi connectivity index (χ1) is 9.61. The van der Waals surface area contributed by atoms with E-state index in [0.29, 0.717) is 10.8 Å². The van der Waals surface area contributed by atoms with Crippen LogP contribution in [-0.4, -0.2) is 15.0 Å². The van der Waals surface area contributed by atoms with Gasteiger partial charge in [-0.1, -0.05) is 35.7 Å². The molecule has 0 aliphatic rings. The molecule has 0 spiro atoms. The lowest BCUT2D eigenvalue weighted by molar-refractivity contribution is 1.19. The Morgan fingerprint density at radius 2 is 2.05 bits per heavy atom. The number of aromatic nitrogens is 2. The third-order valence-corrected chi connectivity index (χ3v) is 3.95. The maximum atomic E-state index is 5.67. The van der Waals surface area contributed by atoms with Gasteiger partial charge in [0.25, 0.3) is 0 Å². The van der Waals surface area contributed by atoms with Gasteiger partial charge in [0.05, 0.1) is 10.2 Å². The number of fused-ring (bicyclic) bond motifs is 1. The van der Waals surface area contributed by atoms with Crippen LogP contribution in [0.1, 0.15) is 11.3 Å². The average molecular weight is 300 g/mol. The van der Waals surface area contributed by atoms with Crippen LogP contribution < -0.4 is 11.1 Å². The topological polar surface area (TPSA) is 63.8 Å². The van der Waals surface area contributed by atoms with Crippen molar-refractivity contribution in [3.05, 3.63) is 47.7 Å². The smallest absolute Gasteiger partial charge is 0.189 e. The molecule has 0 aliphatic carbocycles. The van der Waals surface area contributed by atoms with E-state index in [1.165, 1.54) is 0 Å². The number of rotatable bonds is 3. The number of nitrogens with one attached hydrogen (secondary N) is 1. The maximum absolute atomic E-state index is 5.67. The van der Waals surface area contributed by atoms with E-state index in [-0.39, 0.29) is 0 Å². The van der Waals surface area contributed by atoms with Crippen LogP contribution in [-0.2, 0) is 0 Å². The molecule has 0 saturated heterocycles. The fourth-order valence-corrected chi connectivity index (χ4v) is 2.90. The summed E-state index contributed by atoms with van der Waals surface area (Å²) >= 11 is 6.59. The molecule has 20 heavy (non-hydrogen) atoms. The minimum Gasteiger partial charge on any atom is -0.389 e. The molecule has 1 aromatic carbocycles. The maximum Gasteiger partial charge on any atom is 0.189 e. The molecule has 0 fully saturated rings. The van der Waals surface area contributed by atoms with Crippen LogP contribution in [0.3, 0.4) is 0 Å². The molecule has 0 unspecified atom stereocenters. The number of thiocarbonyl (C=S) groups is 1. The number of benzene rings is 1. The monoisotopic (exact) mass is 300 g/mol. The number of para-hydroxylation sites is 1. The van der Waals surface area contributed by atoms with E-state index in [1.54, 1.807) is 11.3 Å². The molecule has 0 amide bonds. The first-order valence-electron chi connectivity index (χ1n) is 6.03. The number of nitrogens with zero attached hydrogens (tertiary/aromatic N) is 2. The molecule has 2 aromatic heterocycles. The largest absolute Gasteiger partial charge is 0.389 e. The lowest BCUT2D eigenvalue weighted by atomic mass is 10.2. The molecule has 6 heteroatoms. The average Bonchev–Trinajstić information content (AvgIpc) is 2.79. The number of hydrogen-bond acceptors (Lipinski definition) is 5. The Kier molecular flexibility index (Phi) is 3.33. The Balaban J connectivity index is 1.96. The molecule has 3 rings (SSSR count). The number of nitrogens with two attached hydrogens (primary N) is 1. The fourth-order valence-electron chi connectivity index (χ4n) is 1.91. The summed E-state index contributed by atoms with van der Waals surface area (Å²) < 4.78 is 1.14. The van der Waals surface area contributed by atoms with Crippen molar-refractivity contribution in [2.24, 2.45) is 5.73 Å². The van der Waals surface area contributed by atoms with Crippen molar-refractivity contribution in [3.8, 4) is 0 Å². The Bertz CT molecular complexity index is 762. The van der Waals surface area contributed by atoms with Crippen molar-refractivity contribution in [2.75, 3.05) is 5.32 Å². The number of anilines is 2. The van der Waals surface area contributed by atoms with E-state index in [4.69, 9.17) is 18.0 Å². The molecule has 3 aromatic rings. The van der Waals surface area contributed by atoms with Crippen LogP contribution in [0.2, 0.25) is 0 Å². The van der Waals surface area contributed by atoms with Crippen LogP contribution in [0, 0.1) is 6.92 Å². The van der Waals surface area contributed by atoms with Crippen molar-refractivity contribution in [3.63, 3.8) is 0 Å². The van der Waals surface area contributed by atoms with Gasteiger partial charge in [-0.3, -0.25) is 0 Å². The van der Waals surface area contributed by atoms with Gasteiger partial charge < -0.3 is 11.1 Å². The summed E-state index contributed by atoms with van der Waals surface area (Å²) in [6.45, 7) is 1.91. The summed E-state index contributed by atoms with van der Waals surface area (Å²) in [4.78, 5) is 9.30. The number of pyridine rings is 1. The molecule has 0 bridgehead atoms. The fraction of sp³-hybridized carbons (Fsp3) is 0.0714. The van der Waals surface area contributed by atoms with Gasteiger partial charge in [0.15, 0.2) is 5.13 Å². The van der Waals surface area contributed by atoms with Gasteiger partial charge in [-0.05, 0) is 31.2 Å². The van der Waals surface area contributed by atoms with Gasteiger partial charge in [-0.25, -0.2) is 9.97 Å². The summed E-state index contributed by atoms with van der Waals surface area (Å²) in [7, 11) is 0. The van der Waals surface area contributed by atoms with Gasteiger partial charge in [-0.2, -0.15) is 0 Å². The van der Waals surface area contributed by atoms with Gasteiger partial charge in [0.2, 0.25) is 0 Å². The zero-order valence-electron chi connectivity index (χ0n) is 10.8. The summed E-state index contributed by atoms with van der Waals surface area (Å²) in [5.41, 5.74) is 8.31. The summed E-state index contributed by atoms with van der Waals surface area (Å²) in [5, 5.41) is 4.01. The van der Waals surface area contributed by atoms with E-state index in [9.17, 15) is 0 Å². The number of aryl methyl sites for hydroxylation is 1. The van der Waals surface area contributed by atoms with Crippen LogP contribution in [0.4, 0.5) is 10.9 Å². The molecule has 100 valence electrons. The second-order valence-corrected chi connectivity index (χ2v) is 5.83. The van der Waals surface area contributed by atoms with Crippen LogP contribution >= 0.6 is 23.6 Å². The first kappa shape index (κ1) is 13.0. The van der Waals surface area contributed by atoms with E-state index in [0.717, 1.165) is 26.6 Å². The highest BCUT2D eigenvalue weighted by molar-refractivity contribution is 7.80. The Morgan fingerprint density at radius 1 is 1.25 bits per heavy atom. The van der Waals surface area contributed by atoms with Crippen LogP contribution in [0.25, 0.3) is 10.2 Å². The minimum atomic E-state index is 0.364. The van der Waals surface area contributed by atoms with E-state index in [2.05, 4.69) is 15.3 Å². The SMILES string of the molecule is Cc1cc(C(N)=S)cc(Nc2nc3ccccc3s2)n1. The van der Waals surface area contributed by atoms with E-state index in [1.807, 2.05) is 43.3 Å². The lowest BCUT2D eigenvalue weighted by Gasteiger charge is -2.06. The first-order valence-corrected chi connectivity index (χ1v) is 7.25. The second kappa shape index (κ2) is 5.15. The highest BCUT2D eigenvalue weighted by Crippen LogP contribution is 2.27. The van der Waals surface area contributed by atoms with Crippen molar-refractivity contribution in [1.29, 1.82) is 0 Å². The molecular formula is C14H12N4S2. The summed E-state index contributed by atoms with van der Waals surface area (Å²) in [6.07, 6.45) is 0. The predicted molar refractivity (Wildman–Crippen MR) is 87.8 cm³/mol. The summed E-state index contributed by atoms with van der Waals surface area (Å²) in [6, 6.07) is 11.7. The molecule has 0 aliphatic heterocycles. The third kappa shape index (κ3) is 2.61. The third-order valence-electron chi connectivity index (χ3n) is 2.77. The highest BCUT2D eigenvalue weighted by Gasteiger charge is 2.06. The lowest BCUT2D eigenvalue weighted by Crippen LogP contribution is -2.10. The molecule has 0 radical (unpaired) electrons. The minimum absolute atomic E-state index is 0.364. The van der Waals surface area contributed by atoms with Gasteiger partial charge >= 0.3 is 0 Å². The normalized spacial score (nSPS) is 10.7. The van der Waals surface area contributed by atoms with Crippen molar-refractivity contribution < 1.29 is 0 Å². The molecular weight excluding hydrogens is 288 g/mol. The Hall–Kier alpha value is -2.05. The van der Waals surface area contributed by atoms with Crippen molar-refractivity contribution in [1.82, 2.24) is 9.97 Å². The van der Waals surface area contributed by atoms with Crippen LogP contribution in [0.15, 0.2) is 36.4 Å². The zero-order valence-corrected chi connectivity index (χ0v) is 12.4. The molecule has 0 saturated carbocycles. The van der Waals surface area contributed by atoms with Crippen molar-refractivity contribution in [2.45, 2.75) is 6.92 Å². The van der Waals surface area contributed by atoms with Gasteiger partial charge in [0.1, 0.15) is 10.8 Å². The number of hydrogen-bond donors (Lipinski definition) is 2. The molecule has 4 nitrogen and oxygen atoms in total. The standard InChI is InChI=1S/C14H12N4S2/c1-8-6-9(13(15)19)7-12(16-8)18-14-17-10-4-2-3-5-11(10)20-14/h2-7H,1H3,(H2,15,19)(H,16,17,18). The predicted octanol–water partition coefficient (Wildman–Crippen LogP) is 3.38. The molecule has 2 heterocycles. The summed E-state index contributed by atoms with van der Waals surface area (Å²) in [5.74, 6) is 0.701. The van der Waals surface area contributed by atoms with Crippen molar-refractivity contribution >= 4 is 49.7 Å². The van der Waals surface area contributed by atoms with Gasteiger partial charge in [0, 0.05) is 11.3 Å². The van der Waals surface area contributed by atoms with E-state index >= 15 is 0 Å². The quantitative estimate of drug-likeness (QED) is 0.726. The Labute approximate surface area is 125 Å². The molecule has 0 atom stereocenters. The van der Waals surface area contributed by atoms with Crippen LogP contribution in [0.5, 0.6) is 0 Å². The number of thiazole rings is 1.